The molecule has 1 fully saturated rings. The number of anilines is 1. The van der Waals surface area contributed by atoms with Crippen molar-refractivity contribution in [1.29, 1.82) is 0 Å². The summed E-state index contributed by atoms with van der Waals surface area (Å²) in [5.41, 5.74) is 1.12. The maximum Gasteiger partial charge on any atom is 0.407 e. The van der Waals surface area contributed by atoms with E-state index in [-0.39, 0.29) is 24.4 Å². The molecule has 1 saturated heterocycles. The number of benzene rings is 1. The molecule has 2 heterocycles. The maximum absolute atomic E-state index is 12.3. The molecule has 2 atom stereocenters. The monoisotopic (exact) mass is 459 g/mol. The van der Waals surface area contributed by atoms with Gasteiger partial charge in [-0.05, 0) is 32.3 Å². The van der Waals surface area contributed by atoms with E-state index in [1.165, 1.54) is 0 Å². The van der Waals surface area contributed by atoms with Gasteiger partial charge in [0.1, 0.15) is 12.4 Å². The van der Waals surface area contributed by atoms with Gasteiger partial charge in [0, 0.05) is 13.2 Å². The summed E-state index contributed by atoms with van der Waals surface area (Å²) < 4.78 is 22.3. The number of hydrogen-bond donors (Lipinski definition) is 1. The van der Waals surface area contributed by atoms with E-state index in [1.54, 1.807) is 6.92 Å². The molecule has 3 rings (SSSR count). The van der Waals surface area contributed by atoms with Gasteiger partial charge < -0.3 is 28.8 Å². The fourth-order valence-corrected chi connectivity index (χ4v) is 3.64. The van der Waals surface area contributed by atoms with Crippen molar-refractivity contribution in [3.8, 4) is 0 Å². The summed E-state index contributed by atoms with van der Waals surface area (Å²) in [4.78, 5) is 30.9. The molecular weight excluding hydrogens is 426 g/mol. The number of oxazole rings is 1. The van der Waals surface area contributed by atoms with Crippen LogP contribution in [0.4, 0.5) is 10.8 Å². The quantitative estimate of drug-likeness (QED) is 0.422. The highest BCUT2D eigenvalue weighted by Crippen LogP contribution is 2.24. The Balaban J connectivity index is 1.57. The van der Waals surface area contributed by atoms with Gasteiger partial charge in [-0.25, -0.2) is 9.59 Å². The predicted octanol–water partition coefficient (Wildman–Crippen LogP) is 3.85. The maximum atomic E-state index is 12.3. The first kappa shape index (κ1) is 24.6. The van der Waals surface area contributed by atoms with Gasteiger partial charge in [0.25, 0.3) is 6.01 Å². The molecule has 2 aromatic rings. The van der Waals surface area contributed by atoms with Crippen LogP contribution in [0.3, 0.4) is 0 Å². The summed E-state index contributed by atoms with van der Waals surface area (Å²) >= 11 is 0. The lowest BCUT2D eigenvalue weighted by atomic mass is 10.0. The van der Waals surface area contributed by atoms with E-state index in [4.69, 9.17) is 18.6 Å². The number of piperidine rings is 1. The van der Waals surface area contributed by atoms with Crippen LogP contribution in [0.1, 0.15) is 54.9 Å². The number of nitrogens with zero attached hydrogens (tertiary/aromatic N) is 2. The summed E-state index contributed by atoms with van der Waals surface area (Å²) in [5.74, 6) is -0.0563. The van der Waals surface area contributed by atoms with Crippen LogP contribution in [0, 0.1) is 6.92 Å². The second kappa shape index (κ2) is 12.2. The molecule has 1 N–H and O–H groups in total. The molecule has 9 nitrogen and oxygen atoms in total. The number of alkyl carbamates (subject to hydrolysis) is 1. The number of carbonyl (C=O) groups is 2. The Hall–Kier alpha value is -3.07. The molecule has 0 bridgehead atoms. The highest BCUT2D eigenvalue weighted by atomic mass is 16.6. The SMILES string of the molecule is CCCCOC(=O)c1nc(N2CC[C@@H](NC(=O)OCc3ccccc3)[C@@H](OCC)C2)oc1C. The summed E-state index contributed by atoms with van der Waals surface area (Å²) in [6, 6.07) is 9.67. The number of hydrogen-bond acceptors (Lipinski definition) is 8. The van der Waals surface area contributed by atoms with Crippen LogP contribution in [0.25, 0.3) is 0 Å². The fourth-order valence-electron chi connectivity index (χ4n) is 3.64. The molecule has 1 aromatic carbocycles. The van der Waals surface area contributed by atoms with Crippen molar-refractivity contribution in [1.82, 2.24) is 10.3 Å². The number of amides is 1. The highest BCUT2D eigenvalue weighted by Gasteiger charge is 2.34. The molecule has 1 aliphatic rings. The van der Waals surface area contributed by atoms with E-state index in [0.29, 0.717) is 44.5 Å². The molecule has 9 heteroatoms. The van der Waals surface area contributed by atoms with Crippen LogP contribution in [0.5, 0.6) is 0 Å². The highest BCUT2D eigenvalue weighted by molar-refractivity contribution is 5.88. The van der Waals surface area contributed by atoms with Crippen LogP contribution >= 0.6 is 0 Å². The number of esters is 1. The first-order chi connectivity index (χ1) is 16.0. The zero-order valence-corrected chi connectivity index (χ0v) is 19.5. The van der Waals surface area contributed by atoms with E-state index in [9.17, 15) is 9.59 Å². The normalized spacial score (nSPS) is 18.1. The Labute approximate surface area is 194 Å². The van der Waals surface area contributed by atoms with Gasteiger partial charge in [0.15, 0.2) is 5.69 Å². The first-order valence-corrected chi connectivity index (χ1v) is 11.5. The van der Waals surface area contributed by atoms with Crippen molar-refractivity contribution in [2.45, 2.75) is 58.8 Å². The Morgan fingerprint density at radius 2 is 2.00 bits per heavy atom. The summed E-state index contributed by atoms with van der Waals surface area (Å²) in [6.45, 7) is 7.74. The second-order valence-electron chi connectivity index (χ2n) is 7.93. The molecular formula is C24H33N3O6. The average molecular weight is 460 g/mol. The third-order valence-corrected chi connectivity index (χ3v) is 5.44. The Morgan fingerprint density at radius 3 is 2.73 bits per heavy atom. The summed E-state index contributed by atoms with van der Waals surface area (Å²) in [5, 5.41) is 2.92. The molecule has 0 aliphatic carbocycles. The molecule has 0 unspecified atom stereocenters. The molecule has 0 spiro atoms. The lowest BCUT2D eigenvalue weighted by Gasteiger charge is -2.37. The largest absolute Gasteiger partial charge is 0.461 e. The van der Waals surface area contributed by atoms with Crippen LogP contribution in [0.2, 0.25) is 0 Å². The third kappa shape index (κ3) is 6.95. The molecule has 1 aromatic heterocycles. The predicted molar refractivity (Wildman–Crippen MR) is 122 cm³/mol. The van der Waals surface area contributed by atoms with E-state index in [2.05, 4.69) is 10.3 Å². The second-order valence-corrected chi connectivity index (χ2v) is 7.93. The topological polar surface area (TPSA) is 103 Å². The van der Waals surface area contributed by atoms with Gasteiger partial charge in [-0.2, -0.15) is 4.98 Å². The number of ether oxygens (including phenoxy) is 3. The minimum Gasteiger partial charge on any atom is -0.461 e. The summed E-state index contributed by atoms with van der Waals surface area (Å²) in [7, 11) is 0. The Bertz CT molecular complexity index is 901. The average Bonchev–Trinajstić information content (AvgIpc) is 3.21. The van der Waals surface area contributed by atoms with Gasteiger partial charge in [0.2, 0.25) is 0 Å². The third-order valence-electron chi connectivity index (χ3n) is 5.44. The lowest BCUT2D eigenvalue weighted by Crippen LogP contribution is -2.55. The van der Waals surface area contributed by atoms with Gasteiger partial charge in [-0.3, -0.25) is 0 Å². The fraction of sp³-hybridized carbons (Fsp3) is 0.542. The molecule has 1 aliphatic heterocycles. The van der Waals surface area contributed by atoms with Crippen molar-refractivity contribution in [2.75, 3.05) is 31.2 Å². The van der Waals surface area contributed by atoms with E-state index < -0.39 is 12.1 Å². The van der Waals surface area contributed by atoms with Crippen molar-refractivity contribution < 1.29 is 28.2 Å². The number of carbonyl (C=O) groups excluding carboxylic acids is 2. The smallest absolute Gasteiger partial charge is 0.407 e. The molecule has 1 amide bonds. The minimum atomic E-state index is -0.480. The molecule has 180 valence electrons. The number of nitrogens with one attached hydrogen (secondary N) is 1. The number of aromatic nitrogens is 1. The standard InChI is InChI=1S/C24H33N3O6/c1-4-6-14-31-22(28)21-17(3)33-23(26-21)27-13-12-19(20(15-27)30-5-2)25-24(29)32-16-18-10-8-7-9-11-18/h7-11,19-20H,4-6,12-16H2,1-3H3,(H,25,29)/t19-,20+/m1/s1. The van der Waals surface area contributed by atoms with Crippen molar-refractivity contribution in [2.24, 2.45) is 0 Å². The van der Waals surface area contributed by atoms with E-state index >= 15 is 0 Å². The number of unbranched alkanes of at least 4 members (excludes halogenated alkanes) is 1. The zero-order chi connectivity index (χ0) is 23.6. The molecule has 0 saturated carbocycles. The van der Waals surface area contributed by atoms with Crippen molar-refractivity contribution in [3.05, 3.63) is 47.3 Å². The molecule has 33 heavy (non-hydrogen) atoms. The van der Waals surface area contributed by atoms with Crippen molar-refractivity contribution >= 4 is 18.1 Å². The van der Waals surface area contributed by atoms with Crippen LogP contribution in [-0.4, -0.2) is 55.5 Å². The zero-order valence-electron chi connectivity index (χ0n) is 19.5. The van der Waals surface area contributed by atoms with E-state index in [0.717, 1.165) is 18.4 Å². The Kier molecular flexibility index (Phi) is 9.12. The minimum absolute atomic E-state index is 0.193. The van der Waals surface area contributed by atoms with Gasteiger partial charge in [-0.1, -0.05) is 43.7 Å². The van der Waals surface area contributed by atoms with Gasteiger partial charge in [0.05, 0.1) is 25.3 Å². The lowest BCUT2D eigenvalue weighted by molar-refractivity contribution is 0.0252. The van der Waals surface area contributed by atoms with Crippen molar-refractivity contribution in [3.63, 3.8) is 0 Å². The number of aryl methyl sites for hydroxylation is 1. The van der Waals surface area contributed by atoms with Gasteiger partial charge >= 0.3 is 12.1 Å². The van der Waals surface area contributed by atoms with E-state index in [1.807, 2.05) is 49.1 Å². The molecule has 0 radical (unpaired) electrons. The number of rotatable bonds is 10. The van der Waals surface area contributed by atoms with Crippen LogP contribution in [-0.2, 0) is 20.8 Å². The van der Waals surface area contributed by atoms with Crippen LogP contribution < -0.4 is 10.2 Å². The van der Waals surface area contributed by atoms with Gasteiger partial charge in [-0.15, -0.1) is 0 Å². The Morgan fingerprint density at radius 1 is 1.21 bits per heavy atom. The first-order valence-electron chi connectivity index (χ1n) is 11.5. The summed E-state index contributed by atoms with van der Waals surface area (Å²) in [6.07, 6.45) is 1.60. The van der Waals surface area contributed by atoms with Crippen LogP contribution in [0.15, 0.2) is 34.7 Å².